The minimum absolute atomic E-state index is 0.278. The van der Waals surface area contributed by atoms with Crippen molar-refractivity contribution in [1.82, 2.24) is 4.98 Å². The number of aryl methyl sites for hydroxylation is 1. The number of rotatable bonds is 2. The van der Waals surface area contributed by atoms with E-state index in [0.29, 0.717) is 10.6 Å². The molecule has 1 aromatic carbocycles. The van der Waals surface area contributed by atoms with Crippen LogP contribution in [-0.2, 0) is 12.6 Å². The van der Waals surface area contributed by atoms with Gasteiger partial charge in [0.05, 0.1) is 16.3 Å². The van der Waals surface area contributed by atoms with Crippen molar-refractivity contribution in [3.05, 3.63) is 39.9 Å². The zero-order valence-electron chi connectivity index (χ0n) is 9.38. The normalized spacial score (nSPS) is 11.8. The summed E-state index contributed by atoms with van der Waals surface area (Å²) >= 11 is 7.23. The molecule has 96 valence electrons. The van der Waals surface area contributed by atoms with Gasteiger partial charge in [0.25, 0.3) is 0 Å². The van der Waals surface area contributed by atoms with Crippen molar-refractivity contribution in [3.63, 3.8) is 0 Å². The van der Waals surface area contributed by atoms with E-state index in [-0.39, 0.29) is 5.02 Å². The molecule has 1 nitrogen and oxygen atoms in total. The van der Waals surface area contributed by atoms with Crippen molar-refractivity contribution in [1.29, 1.82) is 0 Å². The van der Waals surface area contributed by atoms with E-state index in [0.717, 1.165) is 24.2 Å². The monoisotopic (exact) mass is 291 g/mol. The summed E-state index contributed by atoms with van der Waals surface area (Å²) in [6, 6.07) is 3.27. The number of aromatic nitrogens is 1. The molecule has 1 aromatic heterocycles. The highest BCUT2D eigenvalue weighted by atomic mass is 35.5. The second-order valence-corrected chi connectivity index (χ2v) is 4.96. The lowest BCUT2D eigenvalue weighted by molar-refractivity contribution is -0.137. The maximum atomic E-state index is 12.6. The van der Waals surface area contributed by atoms with E-state index in [1.54, 1.807) is 0 Å². The zero-order valence-corrected chi connectivity index (χ0v) is 11.0. The van der Waals surface area contributed by atoms with Crippen molar-refractivity contribution in [2.24, 2.45) is 0 Å². The van der Waals surface area contributed by atoms with Crippen molar-refractivity contribution >= 4 is 22.9 Å². The highest BCUT2D eigenvalue weighted by Crippen LogP contribution is 2.36. The Morgan fingerprint density at radius 1 is 1.33 bits per heavy atom. The molecule has 1 heterocycles. The van der Waals surface area contributed by atoms with Crippen LogP contribution in [-0.4, -0.2) is 4.98 Å². The first-order chi connectivity index (χ1) is 8.41. The molecule has 0 saturated carbocycles. The predicted octanol–water partition coefficient (Wildman–Crippen LogP) is 5.04. The highest BCUT2D eigenvalue weighted by molar-refractivity contribution is 7.13. The summed E-state index contributed by atoms with van der Waals surface area (Å²) < 4.78 is 37.9. The smallest absolute Gasteiger partial charge is 0.241 e. The van der Waals surface area contributed by atoms with E-state index in [1.165, 1.54) is 17.4 Å². The Bertz CT molecular complexity index is 563. The first kappa shape index (κ1) is 13.4. The second-order valence-electron chi connectivity index (χ2n) is 3.69. The van der Waals surface area contributed by atoms with E-state index in [9.17, 15) is 13.2 Å². The van der Waals surface area contributed by atoms with Crippen molar-refractivity contribution in [2.75, 3.05) is 0 Å². The van der Waals surface area contributed by atoms with Gasteiger partial charge in [-0.05, 0) is 24.6 Å². The number of hydrogen-bond donors (Lipinski definition) is 0. The van der Waals surface area contributed by atoms with E-state index in [2.05, 4.69) is 4.98 Å². The molecule has 0 fully saturated rings. The summed E-state index contributed by atoms with van der Waals surface area (Å²) in [5.74, 6) is 0. The lowest BCUT2D eigenvalue weighted by Gasteiger charge is -2.08. The summed E-state index contributed by atoms with van der Waals surface area (Å²) in [6.45, 7) is 1.94. The van der Waals surface area contributed by atoms with Crippen LogP contribution in [0.2, 0.25) is 5.02 Å². The van der Waals surface area contributed by atoms with Gasteiger partial charge in [-0.3, -0.25) is 0 Å². The molecule has 0 amide bonds. The molecule has 6 heteroatoms. The fraction of sp³-hybridized carbons (Fsp3) is 0.250. The van der Waals surface area contributed by atoms with Gasteiger partial charge < -0.3 is 0 Å². The summed E-state index contributed by atoms with van der Waals surface area (Å²) in [7, 11) is 0. The Morgan fingerprint density at radius 2 is 2.06 bits per heavy atom. The van der Waals surface area contributed by atoms with Crippen LogP contribution in [0.1, 0.15) is 18.2 Å². The molecule has 2 rings (SSSR count). The summed E-state index contributed by atoms with van der Waals surface area (Å²) in [4.78, 5) is 4.25. The van der Waals surface area contributed by atoms with E-state index < -0.39 is 11.7 Å². The third-order valence-electron chi connectivity index (χ3n) is 2.44. The summed E-state index contributed by atoms with van der Waals surface area (Å²) in [6.07, 6.45) is -3.63. The molecular weight excluding hydrogens is 283 g/mol. The molecule has 0 aliphatic carbocycles. The molecule has 0 saturated heterocycles. The number of nitrogens with zero attached hydrogens (tertiary/aromatic N) is 1. The number of benzene rings is 1. The third-order valence-corrected chi connectivity index (χ3v) is 3.69. The van der Waals surface area contributed by atoms with Crippen LogP contribution in [0.4, 0.5) is 13.2 Å². The SMILES string of the molecule is CCc1csc(-c2cc(C(F)(F)F)ccc2Cl)n1. The molecule has 2 aromatic rings. The van der Waals surface area contributed by atoms with Gasteiger partial charge in [0.15, 0.2) is 0 Å². The van der Waals surface area contributed by atoms with Gasteiger partial charge in [-0.1, -0.05) is 18.5 Å². The van der Waals surface area contributed by atoms with Crippen LogP contribution in [0.25, 0.3) is 10.6 Å². The van der Waals surface area contributed by atoms with Gasteiger partial charge in [-0.2, -0.15) is 13.2 Å². The zero-order chi connectivity index (χ0) is 13.3. The Kier molecular flexibility index (Phi) is 3.64. The molecule has 0 N–H and O–H groups in total. The first-order valence-corrected chi connectivity index (χ1v) is 6.49. The van der Waals surface area contributed by atoms with Crippen LogP contribution in [0.3, 0.4) is 0 Å². The van der Waals surface area contributed by atoms with Crippen molar-refractivity contribution in [3.8, 4) is 10.6 Å². The van der Waals surface area contributed by atoms with Crippen molar-refractivity contribution < 1.29 is 13.2 Å². The van der Waals surface area contributed by atoms with Crippen LogP contribution < -0.4 is 0 Å². The fourth-order valence-electron chi connectivity index (χ4n) is 1.46. The topological polar surface area (TPSA) is 12.9 Å². The molecule has 18 heavy (non-hydrogen) atoms. The van der Waals surface area contributed by atoms with Gasteiger partial charge >= 0.3 is 6.18 Å². The maximum Gasteiger partial charge on any atom is 0.416 e. The van der Waals surface area contributed by atoms with Gasteiger partial charge in [0.2, 0.25) is 0 Å². The Balaban J connectivity index is 2.49. The van der Waals surface area contributed by atoms with Crippen LogP contribution in [0.15, 0.2) is 23.6 Å². The van der Waals surface area contributed by atoms with Gasteiger partial charge in [-0.25, -0.2) is 4.98 Å². The third kappa shape index (κ3) is 2.67. The van der Waals surface area contributed by atoms with E-state index >= 15 is 0 Å². The maximum absolute atomic E-state index is 12.6. The molecular formula is C12H9ClF3NS. The van der Waals surface area contributed by atoms with E-state index in [4.69, 9.17) is 11.6 Å². The van der Waals surface area contributed by atoms with Crippen LogP contribution >= 0.6 is 22.9 Å². The van der Waals surface area contributed by atoms with Gasteiger partial charge in [-0.15, -0.1) is 11.3 Å². The minimum atomic E-state index is -4.37. The van der Waals surface area contributed by atoms with E-state index in [1.807, 2.05) is 12.3 Å². The van der Waals surface area contributed by atoms with Crippen LogP contribution in [0, 0.1) is 0 Å². The number of halogens is 4. The fourth-order valence-corrected chi connectivity index (χ4v) is 2.65. The number of thiazole rings is 1. The Morgan fingerprint density at radius 3 is 2.61 bits per heavy atom. The lowest BCUT2D eigenvalue weighted by Crippen LogP contribution is -2.04. The standard InChI is InChI=1S/C12H9ClF3NS/c1-2-8-6-18-11(17-8)9-5-7(12(14,15)16)3-4-10(9)13/h3-6H,2H2,1H3. The minimum Gasteiger partial charge on any atom is -0.241 e. The molecule has 0 atom stereocenters. The molecule has 0 unspecified atom stereocenters. The molecule has 0 bridgehead atoms. The molecule has 0 radical (unpaired) electrons. The van der Waals surface area contributed by atoms with Gasteiger partial charge in [0.1, 0.15) is 5.01 Å². The summed E-state index contributed by atoms with van der Waals surface area (Å²) in [5.41, 5.74) is 0.467. The Labute approximate surface area is 111 Å². The van der Waals surface area contributed by atoms with Crippen molar-refractivity contribution in [2.45, 2.75) is 19.5 Å². The second kappa shape index (κ2) is 4.90. The average molecular weight is 292 g/mol. The average Bonchev–Trinajstić information content (AvgIpc) is 2.76. The molecule has 0 spiro atoms. The van der Waals surface area contributed by atoms with Crippen LogP contribution in [0.5, 0.6) is 0 Å². The largest absolute Gasteiger partial charge is 0.416 e. The summed E-state index contributed by atoms with van der Waals surface area (Å²) in [5, 5.41) is 2.62. The highest BCUT2D eigenvalue weighted by Gasteiger charge is 2.31. The number of alkyl halides is 3. The quantitative estimate of drug-likeness (QED) is 0.755. The number of hydrogen-bond acceptors (Lipinski definition) is 2. The Hall–Kier alpha value is -1.07. The van der Waals surface area contributed by atoms with Gasteiger partial charge in [0, 0.05) is 10.9 Å². The predicted molar refractivity (Wildman–Crippen MR) is 66.9 cm³/mol. The first-order valence-electron chi connectivity index (χ1n) is 5.23. The molecule has 0 aliphatic heterocycles. The lowest BCUT2D eigenvalue weighted by atomic mass is 10.1. The molecule has 0 aliphatic rings.